The molecule has 3 aromatic rings. The number of nitrogens with one attached hydrogen (secondary N) is 1. The summed E-state index contributed by atoms with van der Waals surface area (Å²) >= 11 is 0. The maximum absolute atomic E-state index is 12.9. The van der Waals surface area contributed by atoms with Crippen molar-refractivity contribution in [3.63, 3.8) is 0 Å². The summed E-state index contributed by atoms with van der Waals surface area (Å²) in [6.07, 6.45) is 0. The zero-order valence-electron chi connectivity index (χ0n) is 13.5. The third-order valence-corrected chi connectivity index (χ3v) is 3.30. The summed E-state index contributed by atoms with van der Waals surface area (Å²) in [6, 6.07) is 12.9. The minimum atomic E-state index is -0.344. The number of aromatic nitrogens is 4. The van der Waals surface area contributed by atoms with E-state index in [1.807, 2.05) is 13.0 Å². The van der Waals surface area contributed by atoms with Gasteiger partial charge in [-0.25, -0.2) is 4.39 Å². The van der Waals surface area contributed by atoms with Crippen LogP contribution in [-0.4, -0.2) is 32.7 Å². The summed E-state index contributed by atoms with van der Waals surface area (Å²) < 4.78 is 18.4. The van der Waals surface area contributed by atoms with E-state index >= 15 is 0 Å². The average molecular weight is 341 g/mol. The number of tetrazole rings is 1. The Hall–Kier alpha value is -3.29. The van der Waals surface area contributed by atoms with Crippen LogP contribution in [0.25, 0.3) is 11.4 Å². The Morgan fingerprint density at radius 3 is 2.72 bits per heavy atom. The van der Waals surface area contributed by atoms with Crippen molar-refractivity contribution in [1.82, 2.24) is 20.2 Å². The topological polar surface area (TPSA) is 81.9 Å². The largest absolute Gasteiger partial charge is 0.492 e. The molecule has 7 nitrogen and oxygen atoms in total. The molecule has 0 unspecified atom stereocenters. The molecule has 128 valence electrons. The molecule has 0 bridgehead atoms. The van der Waals surface area contributed by atoms with Crippen molar-refractivity contribution in [2.75, 3.05) is 11.9 Å². The third-order valence-electron chi connectivity index (χ3n) is 3.30. The molecule has 0 radical (unpaired) electrons. The molecule has 0 atom stereocenters. The molecule has 0 saturated heterocycles. The molecule has 0 aliphatic heterocycles. The van der Waals surface area contributed by atoms with Crippen LogP contribution in [-0.2, 0) is 11.3 Å². The second-order valence-corrected chi connectivity index (χ2v) is 5.13. The highest BCUT2D eigenvalue weighted by Crippen LogP contribution is 2.23. The van der Waals surface area contributed by atoms with Crippen LogP contribution in [0, 0.1) is 5.82 Å². The first-order valence-corrected chi connectivity index (χ1v) is 7.71. The van der Waals surface area contributed by atoms with Crippen LogP contribution < -0.4 is 10.1 Å². The Morgan fingerprint density at radius 1 is 1.20 bits per heavy atom. The zero-order chi connectivity index (χ0) is 17.6. The van der Waals surface area contributed by atoms with Gasteiger partial charge in [0.1, 0.15) is 18.1 Å². The lowest BCUT2D eigenvalue weighted by Crippen LogP contribution is -2.20. The Labute approximate surface area is 143 Å². The molecule has 1 aromatic heterocycles. The van der Waals surface area contributed by atoms with E-state index in [1.165, 1.54) is 16.9 Å². The van der Waals surface area contributed by atoms with Crippen molar-refractivity contribution < 1.29 is 13.9 Å². The van der Waals surface area contributed by atoms with Gasteiger partial charge < -0.3 is 10.1 Å². The van der Waals surface area contributed by atoms with Gasteiger partial charge in [0.15, 0.2) is 0 Å². The molecule has 3 rings (SSSR count). The fourth-order valence-corrected chi connectivity index (χ4v) is 2.19. The standard InChI is InChI=1S/C17H16FN5O2/c1-2-25-15-6-4-3-5-14(15)19-16(24)11-23-21-17(20-22-23)12-7-9-13(18)10-8-12/h3-10H,2,11H2,1H3,(H,19,24). The summed E-state index contributed by atoms with van der Waals surface area (Å²) in [5.74, 6) is 0.262. The molecule has 8 heteroatoms. The number of carbonyl (C=O) groups excluding carboxylic acids is 1. The number of rotatable bonds is 6. The Morgan fingerprint density at radius 2 is 1.96 bits per heavy atom. The summed E-state index contributed by atoms with van der Waals surface area (Å²) in [6.45, 7) is 2.27. The molecule has 2 aromatic carbocycles. The number of hydrogen-bond acceptors (Lipinski definition) is 5. The minimum Gasteiger partial charge on any atom is -0.492 e. The van der Waals surface area contributed by atoms with Crippen molar-refractivity contribution >= 4 is 11.6 Å². The highest BCUT2D eigenvalue weighted by atomic mass is 19.1. The van der Waals surface area contributed by atoms with Gasteiger partial charge in [-0.3, -0.25) is 4.79 Å². The number of carbonyl (C=O) groups is 1. The molecule has 0 fully saturated rings. The molecule has 0 aliphatic rings. The van der Waals surface area contributed by atoms with Crippen LogP contribution in [0.1, 0.15) is 6.92 Å². The summed E-state index contributed by atoms with van der Waals surface area (Å²) in [5, 5.41) is 14.6. The molecule has 0 aliphatic carbocycles. The number of nitrogens with zero attached hydrogens (tertiary/aromatic N) is 4. The van der Waals surface area contributed by atoms with E-state index in [-0.39, 0.29) is 18.3 Å². The number of benzene rings is 2. The average Bonchev–Trinajstić information content (AvgIpc) is 3.06. The molecule has 1 heterocycles. The summed E-state index contributed by atoms with van der Waals surface area (Å²) in [7, 11) is 0. The van der Waals surface area contributed by atoms with E-state index in [4.69, 9.17) is 4.74 Å². The Balaban J connectivity index is 1.67. The lowest BCUT2D eigenvalue weighted by molar-refractivity contribution is -0.117. The number of halogens is 1. The van der Waals surface area contributed by atoms with Crippen molar-refractivity contribution in [1.29, 1.82) is 0 Å². The van der Waals surface area contributed by atoms with Gasteiger partial charge in [0.25, 0.3) is 0 Å². The van der Waals surface area contributed by atoms with Gasteiger partial charge >= 0.3 is 0 Å². The van der Waals surface area contributed by atoms with Gasteiger partial charge in [-0.05, 0) is 48.5 Å². The lowest BCUT2D eigenvalue weighted by Gasteiger charge is -2.10. The Bertz CT molecular complexity index is 863. The first-order valence-electron chi connectivity index (χ1n) is 7.71. The second-order valence-electron chi connectivity index (χ2n) is 5.13. The smallest absolute Gasteiger partial charge is 0.248 e. The summed E-state index contributed by atoms with van der Waals surface area (Å²) in [4.78, 5) is 13.4. The molecule has 1 N–H and O–H groups in total. The van der Waals surface area contributed by atoms with Crippen LogP contribution in [0.3, 0.4) is 0 Å². The quantitative estimate of drug-likeness (QED) is 0.745. The van der Waals surface area contributed by atoms with E-state index in [9.17, 15) is 9.18 Å². The van der Waals surface area contributed by atoms with E-state index in [0.29, 0.717) is 29.4 Å². The molecule has 25 heavy (non-hydrogen) atoms. The van der Waals surface area contributed by atoms with Gasteiger partial charge in [0.2, 0.25) is 11.7 Å². The van der Waals surface area contributed by atoms with Gasteiger partial charge in [0.05, 0.1) is 12.3 Å². The highest BCUT2D eigenvalue weighted by molar-refractivity contribution is 5.92. The first kappa shape index (κ1) is 16.6. The minimum absolute atomic E-state index is 0.103. The van der Waals surface area contributed by atoms with E-state index in [1.54, 1.807) is 30.3 Å². The van der Waals surface area contributed by atoms with Crippen LogP contribution in [0.4, 0.5) is 10.1 Å². The monoisotopic (exact) mass is 341 g/mol. The molecule has 0 spiro atoms. The third kappa shape index (κ3) is 4.17. The van der Waals surface area contributed by atoms with Crippen LogP contribution >= 0.6 is 0 Å². The number of anilines is 1. The van der Waals surface area contributed by atoms with Gasteiger partial charge in [-0.15, -0.1) is 10.2 Å². The van der Waals surface area contributed by atoms with Crippen LogP contribution in [0.15, 0.2) is 48.5 Å². The van der Waals surface area contributed by atoms with E-state index in [0.717, 1.165) is 0 Å². The highest BCUT2D eigenvalue weighted by Gasteiger charge is 2.11. The van der Waals surface area contributed by atoms with Gasteiger partial charge in [-0.2, -0.15) is 4.80 Å². The van der Waals surface area contributed by atoms with Crippen molar-refractivity contribution in [3.05, 3.63) is 54.3 Å². The van der Waals surface area contributed by atoms with Gasteiger partial charge in [0, 0.05) is 5.56 Å². The van der Waals surface area contributed by atoms with E-state index < -0.39 is 0 Å². The number of para-hydroxylation sites is 2. The van der Waals surface area contributed by atoms with Crippen molar-refractivity contribution in [2.24, 2.45) is 0 Å². The summed E-state index contributed by atoms with van der Waals surface area (Å²) in [5.41, 5.74) is 1.20. The normalized spacial score (nSPS) is 10.5. The predicted molar refractivity (Wildman–Crippen MR) is 89.5 cm³/mol. The molecular formula is C17H16FN5O2. The fraction of sp³-hybridized carbons (Fsp3) is 0.176. The maximum Gasteiger partial charge on any atom is 0.248 e. The second kappa shape index (κ2) is 7.52. The zero-order valence-corrected chi connectivity index (χ0v) is 13.5. The Kier molecular flexibility index (Phi) is 4.98. The molecule has 0 saturated carbocycles. The predicted octanol–water partition coefficient (Wildman–Crippen LogP) is 2.52. The maximum atomic E-state index is 12.9. The first-order chi connectivity index (χ1) is 12.2. The number of hydrogen-bond donors (Lipinski definition) is 1. The van der Waals surface area contributed by atoms with Gasteiger partial charge in [-0.1, -0.05) is 12.1 Å². The number of ether oxygens (including phenoxy) is 1. The van der Waals surface area contributed by atoms with Crippen molar-refractivity contribution in [2.45, 2.75) is 13.5 Å². The molecular weight excluding hydrogens is 325 g/mol. The SMILES string of the molecule is CCOc1ccccc1NC(=O)Cn1nnc(-c2ccc(F)cc2)n1. The number of amides is 1. The van der Waals surface area contributed by atoms with E-state index in [2.05, 4.69) is 20.7 Å². The fourth-order valence-electron chi connectivity index (χ4n) is 2.19. The molecule has 1 amide bonds. The lowest BCUT2D eigenvalue weighted by atomic mass is 10.2. The van der Waals surface area contributed by atoms with Crippen LogP contribution in [0.5, 0.6) is 5.75 Å². The van der Waals surface area contributed by atoms with Crippen molar-refractivity contribution in [3.8, 4) is 17.1 Å². The van der Waals surface area contributed by atoms with Crippen LogP contribution in [0.2, 0.25) is 0 Å².